The number of benzene rings is 1. The summed E-state index contributed by atoms with van der Waals surface area (Å²) in [5, 5.41) is 6.06. The van der Waals surface area contributed by atoms with Crippen LogP contribution in [0.15, 0.2) is 41.8 Å². The number of Topliss-reactive ketones (excluding diaryl/α,β-unsaturated/α-hetero) is 3. The number of allylic oxidation sites excluding steroid dienone is 1. The molecular formula is C41H60N4O7S. The average molecular weight is 753 g/mol. The number of carbonyl (C=O) groups is 5. The van der Waals surface area contributed by atoms with Crippen LogP contribution < -0.4 is 10.6 Å². The fraction of sp³-hybridized carbons (Fsp3) is 0.683. The van der Waals surface area contributed by atoms with E-state index in [2.05, 4.69) is 31.1 Å². The smallest absolute Gasteiger partial charge is 0.315 e. The first kappa shape index (κ1) is 40.8. The molecule has 2 aliphatic carbocycles. The summed E-state index contributed by atoms with van der Waals surface area (Å²) < 4.78 is 28.4. The SMILES string of the molecule is C=CCCC(=O)C(=O)C(CCC)CC(=O)[C@@H]1[C@@H]2[C@H](CN1C(=O)[C@@H](NC(=O)N[C@H](CN1Cc3ccccc3S1(=O)=O)C1CCCCC1)C(C)(C)C)C2(C)C. The Morgan fingerprint density at radius 2 is 1.72 bits per heavy atom. The van der Waals surface area contributed by atoms with Crippen molar-refractivity contribution >= 4 is 39.3 Å². The second-order valence-electron chi connectivity index (χ2n) is 17.5. The molecule has 5 rings (SSSR count). The molecule has 53 heavy (non-hydrogen) atoms. The van der Waals surface area contributed by atoms with Crippen molar-refractivity contribution < 1.29 is 32.4 Å². The zero-order chi connectivity index (χ0) is 38.9. The lowest BCUT2D eigenvalue weighted by Gasteiger charge is -2.38. The number of sulfonamides is 1. The molecule has 0 spiro atoms. The molecule has 2 saturated carbocycles. The third-order valence-corrected chi connectivity index (χ3v) is 14.3. The Morgan fingerprint density at radius 1 is 1.04 bits per heavy atom. The Hall–Kier alpha value is -3.38. The van der Waals surface area contributed by atoms with Crippen molar-refractivity contribution in [1.29, 1.82) is 0 Å². The van der Waals surface area contributed by atoms with E-state index in [0.717, 1.165) is 37.7 Å². The van der Waals surface area contributed by atoms with E-state index in [-0.39, 0.29) is 60.8 Å². The van der Waals surface area contributed by atoms with Gasteiger partial charge in [0.1, 0.15) is 6.04 Å². The van der Waals surface area contributed by atoms with Crippen LogP contribution in [0.3, 0.4) is 0 Å². The fourth-order valence-corrected chi connectivity index (χ4v) is 10.9. The maximum Gasteiger partial charge on any atom is 0.315 e. The summed E-state index contributed by atoms with van der Waals surface area (Å²) in [4.78, 5) is 70.5. The molecule has 3 amide bonds. The molecule has 12 heteroatoms. The summed E-state index contributed by atoms with van der Waals surface area (Å²) >= 11 is 0. The summed E-state index contributed by atoms with van der Waals surface area (Å²) in [7, 11) is -3.71. The van der Waals surface area contributed by atoms with Gasteiger partial charge in [0.2, 0.25) is 21.7 Å². The predicted molar refractivity (Wildman–Crippen MR) is 203 cm³/mol. The molecular weight excluding hydrogens is 693 g/mol. The van der Waals surface area contributed by atoms with Gasteiger partial charge in [0.15, 0.2) is 11.6 Å². The molecule has 0 aromatic heterocycles. The number of hydrogen-bond acceptors (Lipinski definition) is 7. The summed E-state index contributed by atoms with van der Waals surface area (Å²) in [5.74, 6) is -2.25. The van der Waals surface area contributed by atoms with E-state index in [1.807, 2.05) is 39.8 Å². The van der Waals surface area contributed by atoms with Crippen molar-refractivity contribution in [2.45, 2.75) is 135 Å². The van der Waals surface area contributed by atoms with E-state index in [9.17, 15) is 32.4 Å². The number of piperidine rings is 1. The van der Waals surface area contributed by atoms with Gasteiger partial charge in [-0.3, -0.25) is 19.2 Å². The number of fused-ring (bicyclic) bond motifs is 2. The molecule has 1 aromatic carbocycles. The van der Waals surface area contributed by atoms with Gasteiger partial charge in [-0.2, -0.15) is 4.31 Å². The van der Waals surface area contributed by atoms with Gasteiger partial charge in [-0.1, -0.05) is 91.5 Å². The molecule has 2 heterocycles. The Balaban J connectivity index is 1.33. The third kappa shape index (κ3) is 8.64. The minimum absolute atomic E-state index is 0.0621. The molecule has 6 atom stereocenters. The van der Waals surface area contributed by atoms with Crippen LogP contribution in [0.2, 0.25) is 0 Å². The van der Waals surface area contributed by atoms with Crippen molar-refractivity contribution in [3.05, 3.63) is 42.5 Å². The van der Waals surface area contributed by atoms with Crippen molar-refractivity contribution in [2.75, 3.05) is 13.1 Å². The number of amides is 3. The first-order valence-corrected chi connectivity index (χ1v) is 21.0. The van der Waals surface area contributed by atoms with E-state index in [0.29, 0.717) is 30.7 Å². The molecule has 2 aliphatic heterocycles. The van der Waals surface area contributed by atoms with Crippen LogP contribution >= 0.6 is 0 Å². The molecule has 1 saturated heterocycles. The topological polar surface area (TPSA) is 150 Å². The number of ketones is 3. The maximum atomic E-state index is 14.6. The van der Waals surface area contributed by atoms with Crippen LogP contribution in [0, 0.1) is 34.5 Å². The Kier molecular flexibility index (Phi) is 12.4. The summed E-state index contributed by atoms with van der Waals surface area (Å²) in [6, 6.07) is 4.21. The lowest BCUT2D eigenvalue weighted by Crippen LogP contribution is -2.61. The second kappa shape index (κ2) is 16.2. The monoisotopic (exact) mass is 752 g/mol. The second-order valence-corrected chi connectivity index (χ2v) is 19.4. The average Bonchev–Trinajstić information content (AvgIpc) is 3.37. The van der Waals surface area contributed by atoms with Crippen molar-refractivity contribution in [3.63, 3.8) is 0 Å². The summed E-state index contributed by atoms with van der Waals surface area (Å²) in [6.07, 6.45) is 7.79. The molecule has 0 bridgehead atoms. The highest BCUT2D eigenvalue weighted by Crippen LogP contribution is 2.65. The van der Waals surface area contributed by atoms with Crippen LogP contribution in [-0.2, 0) is 35.7 Å². The van der Waals surface area contributed by atoms with Crippen LogP contribution in [0.4, 0.5) is 4.79 Å². The molecule has 1 aromatic rings. The van der Waals surface area contributed by atoms with Gasteiger partial charge in [-0.25, -0.2) is 13.2 Å². The highest BCUT2D eigenvalue weighted by atomic mass is 32.2. The molecule has 3 fully saturated rings. The van der Waals surface area contributed by atoms with Gasteiger partial charge in [0, 0.05) is 44.4 Å². The molecule has 11 nitrogen and oxygen atoms in total. The summed E-state index contributed by atoms with van der Waals surface area (Å²) in [6.45, 7) is 16.1. The largest absolute Gasteiger partial charge is 0.334 e. The standard InChI is InChI=1S/C41H60N4O7S/c1-8-10-20-31(46)36(48)27(16-9-2)22-32(47)35-34-29(41(34,6)7)24-45(35)38(49)37(40(3,4)5)43-39(50)42-30(26-17-12-11-13-18-26)25-44-23-28-19-14-15-21-33(28)53(44,51)52/h8,14-15,19,21,26-27,29-30,34-35,37H,1,9-13,16-18,20,22-25H2,2-7H3,(H2,42,43,50)/t27?,29-,30+,34-,35+,37+/m0/s1. The maximum absolute atomic E-state index is 14.6. The van der Waals surface area contributed by atoms with Crippen LogP contribution in [0.25, 0.3) is 0 Å². The van der Waals surface area contributed by atoms with Crippen LogP contribution in [0.5, 0.6) is 0 Å². The lowest BCUT2D eigenvalue weighted by molar-refractivity contribution is -0.144. The molecule has 2 N–H and O–H groups in total. The third-order valence-electron chi connectivity index (χ3n) is 12.4. The Bertz CT molecular complexity index is 1690. The highest BCUT2D eigenvalue weighted by molar-refractivity contribution is 7.89. The number of carbonyl (C=O) groups excluding carboxylic acids is 5. The minimum Gasteiger partial charge on any atom is -0.334 e. The van der Waals surface area contributed by atoms with Gasteiger partial charge in [-0.05, 0) is 65.9 Å². The molecule has 1 unspecified atom stereocenters. The number of nitrogens with one attached hydrogen (secondary N) is 2. The van der Waals surface area contributed by atoms with Gasteiger partial charge in [0.25, 0.3) is 0 Å². The zero-order valence-corrected chi connectivity index (χ0v) is 33.3. The minimum atomic E-state index is -3.71. The van der Waals surface area contributed by atoms with Crippen LogP contribution in [0.1, 0.15) is 111 Å². The van der Waals surface area contributed by atoms with E-state index >= 15 is 0 Å². The van der Waals surface area contributed by atoms with Crippen molar-refractivity contribution in [3.8, 4) is 0 Å². The molecule has 0 radical (unpaired) electrons. The number of hydrogen-bond donors (Lipinski definition) is 2. The van der Waals surface area contributed by atoms with E-state index in [1.165, 1.54) is 4.31 Å². The van der Waals surface area contributed by atoms with Gasteiger partial charge in [-0.15, -0.1) is 6.58 Å². The fourth-order valence-electron chi connectivity index (χ4n) is 9.19. The van der Waals surface area contributed by atoms with Gasteiger partial charge < -0.3 is 15.5 Å². The first-order valence-electron chi connectivity index (χ1n) is 19.6. The quantitative estimate of drug-likeness (QED) is 0.160. The molecule has 4 aliphatic rings. The normalized spacial score (nSPS) is 25.0. The van der Waals surface area contributed by atoms with Crippen molar-refractivity contribution in [1.82, 2.24) is 19.8 Å². The number of rotatable bonds is 16. The van der Waals surface area contributed by atoms with E-state index < -0.39 is 57.1 Å². The number of urea groups is 1. The van der Waals surface area contributed by atoms with Crippen molar-refractivity contribution in [2.24, 2.45) is 34.5 Å². The Labute approximate surface area is 316 Å². The summed E-state index contributed by atoms with van der Waals surface area (Å²) in [5.41, 5.74) is -0.159. The Morgan fingerprint density at radius 3 is 2.34 bits per heavy atom. The first-order chi connectivity index (χ1) is 24.9. The van der Waals surface area contributed by atoms with Crippen LogP contribution in [-0.4, -0.2) is 78.1 Å². The number of likely N-dealkylation sites (tertiary alicyclic amines) is 1. The lowest BCUT2D eigenvalue weighted by atomic mass is 9.83. The predicted octanol–water partition coefficient (Wildman–Crippen LogP) is 5.82. The van der Waals surface area contributed by atoms with E-state index in [1.54, 1.807) is 23.1 Å². The van der Waals surface area contributed by atoms with E-state index in [4.69, 9.17) is 0 Å². The van der Waals surface area contributed by atoms with Gasteiger partial charge >= 0.3 is 6.03 Å². The van der Waals surface area contributed by atoms with Gasteiger partial charge in [0.05, 0.1) is 10.9 Å². The molecule has 292 valence electrons. The zero-order valence-electron chi connectivity index (χ0n) is 32.5. The highest BCUT2D eigenvalue weighted by Gasteiger charge is 2.69. The number of nitrogens with zero attached hydrogens (tertiary/aromatic N) is 2.